The standard InChI is InChI=1S/C18H26N6O5S3/c1-11(2)6-14(8-25)19-16-20-17(24-31(3,26)27)22-18(21-16)30-9-12-4-5-13-10-32(28,29)23-15(13)7-12/h4-5,7,11,14,23,25H,6,8-10H2,1-3H3,(H2,19,20,21,22,24)/t14-/m1/s1. The van der Waals surface area contributed by atoms with Crippen LogP contribution in [0.1, 0.15) is 31.4 Å². The second-order valence-electron chi connectivity index (χ2n) is 7.93. The lowest BCUT2D eigenvalue weighted by Gasteiger charge is -2.18. The van der Waals surface area contributed by atoms with Crippen LogP contribution in [0.15, 0.2) is 23.4 Å². The zero-order chi connectivity index (χ0) is 23.5. The molecule has 1 aromatic carbocycles. The Kier molecular flexibility index (Phi) is 7.47. The number of aromatic nitrogens is 3. The number of benzene rings is 1. The highest BCUT2D eigenvalue weighted by molar-refractivity contribution is 7.98. The van der Waals surface area contributed by atoms with Gasteiger partial charge in [-0.3, -0.25) is 9.44 Å². The molecule has 0 unspecified atom stereocenters. The first-order chi connectivity index (χ1) is 14.9. The van der Waals surface area contributed by atoms with Crippen LogP contribution in [0.3, 0.4) is 0 Å². The topological polar surface area (TPSA) is 163 Å². The number of rotatable bonds is 10. The van der Waals surface area contributed by atoms with Gasteiger partial charge in [-0.05, 0) is 29.5 Å². The normalized spacial score (nSPS) is 15.8. The van der Waals surface area contributed by atoms with Gasteiger partial charge in [0.2, 0.25) is 31.9 Å². The fourth-order valence-electron chi connectivity index (χ4n) is 3.12. The number of hydrogen-bond donors (Lipinski definition) is 4. The number of aliphatic hydroxyl groups excluding tert-OH is 1. The van der Waals surface area contributed by atoms with E-state index in [9.17, 15) is 21.9 Å². The number of nitrogens with zero attached hydrogens (tertiary/aromatic N) is 3. The summed E-state index contributed by atoms with van der Waals surface area (Å²) in [5.74, 6) is 0.722. The maximum atomic E-state index is 11.7. The highest BCUT2D eigenvalue weighted by Crippen LogP contribution is 2.30. The van der Waals surface area contributed by atoms with Gasteiger partial charge in [-0.1, -0.05) is 37.7 Å². The highest BCUT2D eigenvalue weighted by Gasteiger charge is 2.23. The molecule has 0 radical (unpaired) electrons. The van der Waals surface area contributed by atoms with E-state index in [-0.39, 0.29) is 35.5 Å². The number of thioether (sulfide) groups is 1. The van der Waals surface area contributed by atoms with E-state index in [4.69, 9.17) is 0 Å². The summed E-state index contributed by atoms with van der Waals surface area (Å²) in [5, 5.41) is 12.9. The van der Waals surface area contributed by atoms with Crippen LogP contribution in [0.4, 0.5) is 17.6 Å². The Labute approximate surface area is 192 Å². The summed E-state index contributed by atoms with van der Waals surface area (Å²) in [6.45, 7) is 3.91. The van der Waals surface area contributed by atoms with Crippen molar-refractivity contribution in [3.63, 3.8) is 0 Å². The third-order valence-electron chi connectivity index (χ3n) is 4.35. The fourth-order valence-corrected chi connectivity index (χ4v) is 5.58. The minimum absolute atomic E-state index is 0.0405. The summed E-state index contributed by atoms with van der Waals surface area (Å²) in [5.41, 5.74) is 2.11. The van der Waals surface area contributed by atoms with Gasteiger partial charge in [0.15, 0.2) is 5.16 Å². The van der Waals surface area contributed by atoms with Crippen LogP contribution in [0.5, 0.6) is 0 Å². The van der Waals surface area contributed by atoms with Gasteiger partial charge in [-0.2, -0.15) is 15.0 Å². The second kappa shape index (κ2) is 9.77. The lowest BCUT2D eigenvalue weighted by atomic mass is 10.0. The van der Waals surface area contributed by atoms with Crippen molar-refractivity contribution in [3.05, 3.63) is 29.3 Å². The van der Waals surface area contributed by atoms with Gasteiger partial charge >= 0.3 is 0 Å². The number of fused-ring (bicyclic) bond motifs is 1. The second-order valence-corrected chi connectivity index (χ2v) is 12.3. The van der Waals surface area contributed by atoms with Gasteiger partial charge in [0.05, 0.1) is 30.3 Å². The van der Waals surface area contributed by atoms with Gasteiger partial charge < -0.3 is 10.4 Å². The Hall–Kier alpha value is -2.16. The van der Waals surface area contributed by atoms with Gasteiger partial charge in [-0.15, -0.1) is 0 Å². The van der Waals surface area contributed by atoms with E-state index in [2.05, 4.69) is 29.7 Å². The van der Waals surface area contributed by atoms with Crippen LogP contribution in [0, 0.1) is 5.92 Å². The third kappa shape index (κ3) is 7.18. The van der Waals surface area contributed by atoms with Crippen LogP contribution in [-0.2, 0) is 31.6 Å². The van der Waals surface area contributed by atoms with Crippen LogP contribution < -0.4 is 14.8 Å². The van der Waals surface area contributed by atoms with Crippen LogP contribution >= 0.6 is 11.8 Å². The molecule has 14 heteroatoms. The largest absolute Gasteiger partial charge is 0.394 e. The maximum Gasteiger partial charge on any atom is 0.242 e. The Bertz CT molecular complexity index is 1190. The summed E-state index contributed by atoms with van der Waals surface area (Å²) in [6.07, 6.45) is 1.67. The Balaban J connectivity index is 1.79. The average Bonchev–Trinajstić information content (AvgIpc) is 2.97. The molecule has 0 fully saturated rings. The lowest BCUT2D eigenvalue weighted by Crippen LogP contribution is -2.27. The van der Waals surface area contributed by atoms with E-state index >= 15 is 0 Å². The van der Waals surface area contributed by atoms with Crippen molar-refractivity contribution >= 4 is 49.4 Å². The van der Waals surface area contributed by atoms with Crippen molar-refractivity contribution in [2.45, 2.75) is 43.0 Å². The van der Waals surface area contributed by atoms with Crippen molar-refractivity contribution in [3.8, 4) is 0 Å². The number of nitrogens with one attached hydrogen (secondary N) is 3. The number of sulfonamides is 2. The van der Waals surface area contributed by atoms with Crippen LogP contribution in [0.25, 0.3) is 0 Å². The number of anilines is 3. The number of hydrogen-bond acceptors (Lipinski definition) is 10. The number of aliphatic hydroxyl groups is 1. The third-order valence-corrected chi connectivity index (χ3v) is 7.05. The van der Waals surface area contributed by atoms with Crippen molar-refractivity contribution in [1.82, 2.24) is 15.0 Å². The SMILES string of the molecule is CC(C)C[C@H](CO)Nc1nc(NS(C)(=O)=O)nc(SCc2ccc3c(c2)NS(=O)(=O)C3)n1. The molecule has 0 spiro atoms. The molecular formula is C18H26N6O5S3. The van der Waals surface area contributed by atoms with E-state index in [1.165, 1.54) is 11.8 Å². The first-order valence-corrected chi connectivity index (χ1v) is 14.3. The average molecular weight is 503 g/mol. The van der Waals surface area contributed by atoms with Gasteiger partial charge in [0.25, 0.3) is 0 Å². The quantitative estimate of drug-likeness (QED) is 0.351. The molecule has 0 bridgehead atoms. The van der Waals surface area contributed by atoms with Crippen LogP contribution in [0.2, 0.25) is 0 Å². The molecule has 1 aliphatic heterocycles. The molecule has 11 nitrogen and oxygen atoms in total. The molecule has 176 valence electrons. The van der Waals surface area contributed by atoms with Crippen molar-refractivity contribution in [1.29, 1.82) is 0 Å². The predicted molar refractivity (Wildman–Crippen MR) is 124 cm³/mol. The van der Waals surface area contributed by atoms with Gasteiger partial charge in [-0.25, -0.2) is 16.8 Å². The molecule has 4 N–H and O–H groups in total. The summed E-state index contributed by atoms with van der Waals surface area (Å²) in [7, 11) is -6.93. The molecule has 0 saturated carbocycles. The van der Waals surface area contributed by atoms with Crippen LogP contribution in [-0.4, -0.2) is 55.8 Å². The molecule has 1 atom stereocenters. The summed E-state index contributed by atoms with van der Waals surface area (Å²) < 4.78 is 51.5. The van der Waals surface area contributed by atoms with E-state index in [1.807, 2.05) is 19.9 Å². The predicted octanol–water partition coefficient (Wildman–Crippen LogP) is 1.61. The Morgan fingerprint density at radius 3 is 2.59 bits per heavy atom. The molecule has 3 rings (SSSR count). The minimum Gasteiger partial charge on any atom is -0.394 e. The summed E-state index contributed by atoms with van der Waals surface area (Å²) >= 11 is 1.25. The lowest BCUT2D eigenvalue weighted by molar-refractivity contribution is 0.259. The molecule has 1 aliphatic rings. The van der Waals surface area contributed by atoms with E-state index in [0.717, 1.165) is 11.8 Å². The molecular weight excluding hydrogens is 476 g/mol. The fraction of sp³-hybridized carbons (Fsp3) is 0.500. The van der Waals surface area contributed by atoms with Crippen molar-refractivity contribution in [2.24, 2.45) is 5.92 Å². The molecule has 0 amide bonds. The first kappa shape index (κ1) is 24.5. The van der Waals surface area contributed by atoms with E-state index in [0.29, 0.717) is 29.3 Å². The minimum atomic E-state index is -3.60. The van der Waals surface area contributed by atoms with E-state index < -0.39 is 20.0 Å². The Morgan fingerprint density at radius 2 is 1.94 bits per heavy atom. The van der Waals surface area contributed by atoms with Crippen molar-refractivity contribution in [2.75, 3.05) is 27.6 Å². The maximum absolute atomic E-state index is 11.7. The van der Waals surface area contributed by atoms with Crippen molar-refractivity contribution < 1.29 is 21.9 Å². The van der Waals surface area contributed by atoms with E-state index in [1.54, 1.807) is 12.1 Å². The zero-order valence-electron chi connectivity index (χ0n) is 17.9. The smallest absolute Gasteiger partial charge is 0.242 e. The molecule has 2 heterocycles. The molecule has 32 heavy (non-hydrogen) atoms. The highest BCUT2D eigenvalue weighted by atomic mass is 32.2. The molecule has 2 aromatic rings. The first-order valence-electron chi connectivity index (χ1n) is 9.79. The van der Waals surface area contributed by atoms with Gasteiger partial charge in [0, 0.05) is 5.75 Å². The molecule has 0 aliphatic carbocycles. The summed E-state index contributed by atoms with van der Waals surface area (Å²) in [6, 6.07) is 5.05. The molecule has 1 aromatic heterocycles. The Morgan fingerprint density at radius 1 is 1.22 bits per heavy atom. The zero-order valence-corrected chi connectivity index (χ0v) is 20.3. The van der Waals surface area contributed by atoms with Gasteiger partial charge in [0.1, 0.15) is 0 Å². The molecule has 0 saturated heterocycles. The monoisotopic (exact) mass is 502 g/mol. The summed E-state index contributed by atoms with van der Waals surface area (Å²) in [4.78, 5) is 12.6.